The molecule has 0 bridgehead atoms. The standard InChI is InChI=1S/C26H28N4O/c1-17-14-18(2)20(4)22(19(17)3)16-30-24-10-6-5-9-23(24)29-25(30)11-13-28-26(31)21-8-7-12-27-15-21/h5-10,12,14-15H,11,13,16H2,1-4H3,(H,28,31). The SMILES string of the molecule is Cc1cc(C)c(C)c(Cn2c(CCNC(=O)c3cccnc3)nc3ccccc32)c1C. The number of fused-ring (bicyclic) bond motifs is 1. The number of benzene rings is 2. The molecule has 0 spiro atoms. The molecule has 0 fully saturated rings. The predicted octanol–water partition coefficient (Wildman–Crippen LogP) is 4.69. The van der Waals surface area contributed by atoms with Gasteiger partial charge in [0.05, 0.1) is 16.6 Å². The number of pyridine rings is 1. The van der Waals surface area contributed by atoms with Crippen LogP contribution in [0.3, 0.4) is 0 Å². The lowest BCUT2D eigenvalue weighted by molar-refractivity contribution is 0.0953. The van der Waals surface area contributed by atoms with Crippen LogP contribution in [0.5, 0.6) is 0 Å². The lowest BCUT2D eigenvalue weighted by Crippen LogP contribution is -2.26. The summed E-state index contributed by atoms with van der Waals surface area (Å²) in [6, 6.07) is 14.0. The highest BCUT2D eigenvalue weighted by Gasteiger charge is 2.15. The summed E-state index contributed by atoms with van der Waals surface area (Å²) in [7, 11) is 0. The molecule has 0 aliphatic carbocycles. The van der Waals surface area contributed by atoms with Crippen molar-refractivity contribution >= 4 is 16.9 Å². The van der Waals surface area contributed by atoms with Crippen LogP contribution in [0.15, 0.2) is 54.9 Å². The van der Waals surface area contributed by atoms with Gasteiger partial charge in [-0.3, -0.25) is 9.78 Å². The smallest absolute Gasteiger partial charge is 0.252 e. The zero-order valence-corrected chi connectivity index (χ0v) is 18.6. The highest BCUT2D eigenvalue weighted by Crippen LogP contribution is 2.25. The van der Waals surface area contributed by atoms with E-state index in [1.165, 1.54) is 27.8 Å². The van der Waals surface area contributed by atoms with E-state index in [-0.39, 0.29) is 5.91 Å². The van der Waals surface area contributed by atoms with Crippen molar-refractivity contribution in [3.8, 4) is 0 Å². The average Bonchev–Trinajstić information content (AvgIpc) is 3.13. The highest BCUT2D eigenvalue weighted by atomic mass is 16.1. The normalized spacial score (nSPS) is 11.1. The van der Waals surface area contributed by atoms with Crippen molar-refractivity contribution in [1.29, 1.82) is 0 Å². The Kier molecular flexibility index (Phi) is 5.85. The van der Waals surface area contributed by atoms with E-state index in [2.05, 4.69) is 60.8 Å². The van der Waals surface area contributed by atoms with Gasteiger partial charge < -0.3 is 9.88 Å². The average molecular weight is 413 g/mol. The van der Waals surface area contributed by atoms with Gasteiger partial charge in [0.25, 0.3) is 5.91 Å². The Hall–Kier alpha value is -3.47. The van der Waals surface area contributed by atoms with Crippen LogP contribution in [0.1, 0.15) is 44.0 Å². The number of imidazole rings is 1. The molecule has 0 atom stereocenters. The number of amides is 1. The molecule has 2 aromatic heterocycles. The highest BCUT2D eigenvalue weighted by molar-refractivity contribution is 5.93. The van der Waals surface area contributed by atoms with E-state index in [4.69, 9.17) is 4.98 Å². The maximum Gasteiger partial charge on any atom is 0.252 e. The Morgan fingerprint density at radius 3 is 2.45 bits per heavy atom. The van der Waals surface area contributed by atoms with E-state index in [0.29, 0.717) is 18.5 Å². The van der Waals surface area contributed by atoms with Gasteiger partial charge in [-0.2, -0.15) is 0 Å². The molecule has 0 saturated heterocycles. The van der Waals surface area contributed by atoms with Crippen LogP contribution in [0.25, 0.3) is 11.0 Å². The van der Waals surface area contributed by atoms with Crippen molar-refractivity contribution in [2.75, 3.05) is 6.54 Å². The quantitative estimate of drug-likeness (QED) is 0.500. The fourth-order valence-corrected chi connectivity index (χ4v) is 4.07. The summed E-state index contributed by atoms with van der Waals surface area (Å²) in [4.78, 5) is 21.3. The van der Waals surface area contributed by atoms with E-state index in [1.807, 2.05) is 12.1 Å². The number of hydrogen-bond donors (Lipinski definition) is 1. The number of nitrogens with one attached hydrogen (secondary N) is 1. The van der Waals surface area contributed by atoms with Gasteiger partial charge in [-0.1, -0.05) is 18.2 Å². The van der Waals surface area contributed by atoms with Gasteiger partial charge in [0.2, 0.25) is 0 Å². The molecule has 0 radical (unpaired) electrons. The van der Waals surface area contributed by atoms with Crippen molar-refractivity contribution in [3.05, 3.63) is 94.1 Å². The number of nitrogens with zero attached hydrogens (tertiary/aromatic N) is 3. The second-order valence-electron chi connectivity index (χ2n) is 8.09. The van der Waals surface area contributed by atoms with Crippen LogP contribution in [-0.4, -0.2) is 27.0 Å². The Morgan fingerprint density at radius 1 is 1.00 bits per heavy atom. The third kappa shape index (κ3) is 4.22. The van der Waals surface area contributed by atoms with Gasteiger partial charge in [-0.15, -0.1) is 0 Å². The van der Waals surface area contributed by atoms with E-state index >= 15 is 0 Å². The summed E-state index contributed by atoms with van der Waals surface area (Å²) in [5.74, 6) is 0.863. The molecule has 2 heterocycles. The Balaban J connectivity index is 1.62. The lowest BCUT2D eigenvalue weighted by atomic mass is 9.94. The van der Waals surface area contributed by atoms with Crippen LogP contribution < -0.4 is 5.32 Å². The van der Waals surface area contributed by atoms with Crippen molar-refractivity contribution in [2.24, 2.45) is 0 Å². The third-order valence-corrected chi connectivity index (χ3v) is 6.13. The largest absolute Gasteiger partial charge is 0.352 e. The van der Waals surface area contributed by atoms with Gasteiger partial charge in [-0.25, -0.2) is 4.98 Å². The molecule has 0 unspecified atom stereocenters. The first-order valence-corrected chi connectivity index (χ1v) is 10.6. The molecular formula is C26H28N4O. The summed E-state index contributed by atoms with van der Waals surface area (Å²) in [5.41, 5.74) is 9.30. The summed E-state index contributed by atoms with van der Waals surface area (Å²) in [6.45, 7) is 10.0. The first-order chi connectivity index (χ1) is 15.0. The maximum absolute atomic E-state index is 12.4. The molecule has 158 valence electrons. The number of aryl methyl sites for hydroxylation is 2. The van der Waals surface area contributed by atoms with Gasteiger partial charge >= 0.3 is 0 Å². The summed E-state index contributed by atoms with van der Waals surface area (Å²) < 4.78 is 2.29. The molecule has 5 heteroatoms. The molecule has 0 saturated carbocycles. The van der Waals surface area contributed by atoms with Crippen LogP contribution in [-0.2, 0) is 13.0 Å². The molecule has 0 aliphatic heterocycles. The fraction of sp³-hybridized carbons (Fsp3) is 0.269. The number of carbonyl (C=O) groups excluding carboxylic acids is 1. The van der Waals surface area contributed by atoms with Gasteiger partial charge in [-0.05, 0) is 79.8 Å². The second kappa shape index (κ2) is 8.72. The topological polar surface area (TPSA) is 59.8 Å². The lowest BCUT2D eigenvalue weighted by Gasteiger charge is -2.18. The Labute approximate surface area is 183 Å². The zero-order valence-electron chi connectivity index (χ0n) is 18.6. The van der Waals surface area contributed by atoms with E-state index in [1.54, 1.807) is 24.5 Å². The van der Waals surface area contributed by atoms with Crippen molar-refractivity contribution in [3.63, 3.8) is 0 Å². The van der Waals surface area contributed by atoms with Crippen LogP contribution in [0.4, 0.5) is 0 Å². The van der Waals surface area contributed by atoms with Crippen molar-refractivity contribution in [2.45, 2.75) is 40.7 Å². The third-order valence-electron chi connectivity index (χ3n) is 6.13. The molecule has 1 amide bonds. The molecular weight excluding hydrogens is 384 g/mol. The van der Waals surface area contributed by atoms with Crippen molar-refractivity contribution < 1.29 is 4.79 Å². The van der Waals surface area contributed by atoms with Crippen LogP contribution in [0, 0.1) is 27.7 Å². The predicted molar refractivity (Wildman–Crippen MR) is 124 cm³/mol. The number of aromatic nitrogens is 3. The Morgan fingerprint density at radius 2 is 1.74 bits per heavy atom. The number of hydrogen-bond acceptors (Lipinski definition) is 3. The Bertz CT molecular complexity index is 1220. The number of rotatable bonds is 6. The number of para-hydroxylation sites is 2. The molecule has 0 aliphatic rings. The first-order valence-electron chi connectivity index (χ1n) is 10.6. The summed E-state index contributed by atoms with van der Waals surface area (Å²) >= 11 is 0. The van der Waals surface area contributed by atoms with Gasteiger partial charge in [0, 0.05) is 31.9 Å². The van der Waals surface area contributed by atoms with E-state index < -0.39 is 0 Å². The summed E-state index contributed by atoms with van der Waals surface area (Å²) in [5, 5.41) is 2.99. The monoisotopic (exact) mass is 412 g/mol. The zero-order chi connectivity index (χ0) is 22.0. The van der Waals surface area contributed by atoms with Gasteiger partial charge in [0.15, 0.2) is 0 Å². The minimum Gasteiger partial charge on any atom is -0.352 e. The molecule has 31 heavy (non-hydrogen) atoms. The first kappa shape index (κ1) is 20.8. The van der Waals surface area contributed by atoms with E-state index in [9.17, 15) is 4.79 Å². The van der Waals surface area contributed by atoms with Gasteiger partial charge in [0.1, 0.15) is 5.82 Å². The summed E-state index contributed by atoms with van der Waals surface area (Å²) in [6.07, 6.45) is 3.90. The minimum atomic E-state index is -0.114. The van der Waals surface area contributed by atoms with Crippen molar-refractivity contribution in [1.82, 2.24) is 19.9 Å². The molecule has 1 N–H and O–H groups in total. The van der Waals surface area contributed by atoms with Crippen LogP contribution in [0.2, 0.25) is 0 Å². The number of carbonyl (C=O) groups is 1. The van der Waals surface area contributed by atoms with Crippen LogP contribution >= 0.6 is 0 Å². The molecule has 4 aromatic rings. The molecule has 5 nitrogen and oxygen atoms in total. The molecule has 4 rings (SSSR count). The second-order valence-corrected chi connectivity index (χ2v) is 8.09. The fourth-order valence-electron chi connectivity index (χ4n) is 4.07. The molecule has 2 aromatic carbocycles. The van der Waals surface area contributed by atoms with E-state index in [0.717, 1.165) is 23.4 Å². The minimum absolute atomic E-state index is 0.114. The maximum atomic E-state index is 12.4.